The molecule has 0 fully saturated rings. The fourth-order valence-electron chi connectivity index (χ4n) is 3.86. The Kier molecular flexibility index (Phi) is 8.75. The molecule has 0 unspecified atom stereocenters. The summed E-state index contributed by atoms with van der Waals surface area (Å²) in [6, 6.07) is 5.31. The number of hydrogen-bond donors (Lipinski definition) is 0. The minimum absolute atomic E-state index is 0.124. The molecule has 7 heteroatoms. The number of hydrogen-bond acceptors (Lipinski definition) is 4. The molecule has 0 saturated heterocycles. The summed E-state index contributed by atoms with van der Waals surface area (Å²) in [7, 11) is 0. The van der Waals surface area contributed by atoms with E-state index in [1.807, 2.05) is 20.8 Å². The van der Waals surface area contributed by atoms with Gasteiger partial charge in [0.05, 0.1) is 13.2 Å². The fraction of sp³-hybridized carbons (Fsp3) is 0.480. The van der Waals surface area contributed by atoms with Crippen LogP contribution < -0.4 is 0 Å². The standard InChI is InChI=1S/C25H33FN2O4/c1-7-28-18(6)22(17(5)23(28)25(31)32-8-2)21(29)15-27(14-13-16(3)4)24(30)19-9-11-20(26)12-10-19/h9-12,16H,7-8,13-15H2,1-6H3. The second-order valence-electron chi connectivity index (χ2n) is 8.24. The van der Waals surface area contributed by atoms with Crippen LogP contribution in [0.1, 0.15) is 76.6 Å². The molecule has 174 valence electrons. The van der Waals surface area contributed by atoms with Gasteiger partial charge in [0.25, 0.3) is 5.91 Å². The van der Waals surface area contributed by atoms with Crippen molar-refractivity contribution in [3.05, 3.63) is 58.2 Å². The van der Waals surface area contributed by atoms with Gasteiger partial charge in [0.15, 0.2) is 5.78 Å². The summed E-state index contributed by atoms with van der Waals surface area (Å²) >= 11 is 0. The molecule has 0 aliphatic rings. The van der Waals surface area contributed by atoms with Crippen LogP contribution in [0, 0.1) is 25.6 Å². The van der Waals surface area contributed by atoms with E-state index in [4.69, 9.17) is 4.74 Å². The van der Waals surface area contributed by atoms with Gasteiger partial charge in [-0.1, -0.05) is 13.8 Å². The van der Waals surface area contributed by atoms with Gasteiger partial charge in [0.2, 0.25) is 0 Å². The number of nitrogens with zero attached hydrogens (tertiary/aromatic N) is 2. The topological polar surface area (TPSA) is 68.6 Å². The van der Waals surface area contributed by atoms with Crippen LogP contribution in [0.4, 0.5) is 4.39 Å². The van der Waals surface area contributed by atoms with E-state index >= 15 is 0 Å². The quantitative estimate of drug-likeness (QED) is 0.389. The molecule has 1 heterocycles. The first-order chi connectivity index (χ1) is 15.1. The largest absolute Gasteiger partial charge is 0.461 e. The number of halogens is 1. The minimum Gasteiger partial charge on any atom is -0.461 e. The Labute approximate surface area is 189 Å². The first kappa shape index (κ1) is 25.3. The summed E-state index contributed by atoms with van der Waals surface area (Å²) in [4.78, 5) is 40.5. The molecular weight excluding hydrogens is 411 g/mol. The van der Waals surface area contributed by atoms with Crippen molar-refractivity contribution in [3.63, 3.8) is 0 Å². The van der Waals surface area contributed by atoms with Crippen LogP contribution in [0.15, 0.2) is 24.3 Å². The number of Topliss-reactive ketones (excluding diaryl/α,β-unsaturated/α-hetero) is 1. The molecule has 2 rings (SSSR count). The predicted octanol–water partition coefficient (Wildman–Crippen LogP) is 4.81. The third-order valence-corrected chi connectivity index (χ3v) is 5.52. The number of rotatable bonds is 10. The minimum atomic E-state index is -0.465. The van der Waals surface area contributed by atoms with Crippen LogP contribution in [0.2, 0.25) is 0 Å². The average molecular weight is 445 g/mol. The Balaban J connectivity index is 2.39. The monoisotopic (exact) mass is 444 g/mol. The van der Waals surface area contributed by atoms with Gasteiger partial charge in [-0.05, 0) is 69.9 Å². The van der Waals surface area contributed by atoms with E-state index in [0.717, 1.165) is 6.42 Å². The molecule has 0 bridgehead atoms. The lowest BCUT2D eigenvalue weighted by atomic mass is 10.0. The van der Waals surface area contributed by atoms with E-state index in [0.29, 0.717) is 47.1 Å². The zero-order chi connectivity index (χ0) is 24.0. The first-order valence-corrected chi connectivity index (χ1v) is 11.1. The number of ether oxygens (including phenoxy) is 1. The van der Waals surface area contributed by atoms with E-state index < -0.39 is 11.8 Å². The van der Waals surface area contributed by atoms with Crippen molar-refractivity contribution in [2.24, 2.45) is 5.92 Å². The number of carbonyl (C=O) groups excluding carboxylic acids is 3. The van der Waals surface area contributed by atoms with E-state index in [1.165, 1.54) is 29.2 Å². The number of ketones is 1. The number of aromatic nitrogens is 1. The maximum Gasteiger partial charge on any atom is 0.355 e. The second-order valence-corrected chi connectivity index (χ2v) is 8.24. The summed E-state index contributed by atoms with van der Waals surface area (Å²) in [6.07, 6.45) is 0.724. The Hall–Kier alpha value is -2.96. The third-order valence-electron chi connectivity index (χ3n) is 5.52. The van der Waals surface area contributed by atoms with E-state index in [9.17, 15) is 18.8 Å². The van der Waals surface area contributed by atoms with Crippen molar-refractivity contribution in [2.45, 2.75) is 54.5 Å². The van der Waals surface area contributed by atoms with Gasteiger partial charge in [0.1, 0.15) is 11.5 Å². The molecule has 0 aliphatic heterocycles. The van der Waals surface area contributed by atoms with Crippen molar-refractivity contribution in [1.82, 2.24) is 9.47 Å². The third kappa shape index (κ3) is 5.64. The van der Waals surface area contributed by atoms with Crippen molar-refractivity contribution in [2.75, 3.05) is 19.7 Å². The van der Waals surface area contributed by atoms with Gasteiger partial charge < -0.3 is 14.2 Å². The Bertz CT molecular complexity index is 977. The SMILES string of the molecule is CCOC(=O)c1c(C)c(C(=O)CN(CCC(C)C)C(=O)c2ccc(F)cc2)c(C)n1CC. The summed E-state index contributed by atoms with van der Waals surface area (Å²) < 4.78 is 20.3. The second kappa shape index (κ2) is 11.1. The zero-order valence-corrected chi connectivity index (χ0v) is 19.8. The predicted molar refractivity (Wildman–Crippen MR) is 122 cm³/mol. The Morgan fingerprint density at radius 2 is 1.72 bits per heavy atom. The number of carbonyl (C=O) groups is 3. The maximum atomic E-state index is 13.4. The highest BCUT2D eigenvalue weighted by atomic mass is 19.1. The average Bonchev–Trinajstić information content (AvgIpc) is 3.00. The molecule has 0 atom stereocenters. The highest BCUT2D eigenvalue weighted by Crippen LogP contribution is 2.24. The zero-order valence-electron chi connectivity index (χ0n) is 19.8. The fourth-order valence-corrected chi connectivity index (χ4v) is 3.86. The van der Waals surface area contributed by atoms with Gasteiger partial charge in [-0.25, -0.2) is 9.18 Å². The van der Waals surface area contributed by atoms with Gasteiger partial charge in [-0.15, -0.1) is 0 Å². The van der Waals surface area contributed by atoms with Crippen LogP contribution in [0.25, 0.3) is 0 Å². The molecule has 0 saturated carbocycles. The van der Waals surface area contributed by atoms with Crippen molar-refractivity contribution < 1.29 is 23.5 Å². The molecular formula is C25H33FN2O4. The maximum absolute atomic E-state index is 13.4. The van der Waals surface area contributed by atoms with Crippen LogP contribution in [0.3, 0.4) is 0 Å². The lowest BCUT2D eigenvalue weighted by molar-refractivity contribution is 0.0512. The van der Waals surface area contributed by atoms with Crippen LogP contribution in [0.5, 0.6) is 0 Å². The molecule has 6 nitrogen and oxygen atoms in total. The lowest BCUT2D eigenvalue weighted by Gasteiger charge is -2.23. The summed E-state index contributed by atoms with van der Waals surface area (Å²) in [5, 5.41) is 0. The molecule has 1 aromatic carbocycles. The van der Waals surface area contributed by atoms with Gasteiger partial charge in [0, 0.05) is 29.9 Å². The molecule has 0 spiro atoms. The smallest absolute Gasteiger partial charge is 0.355 e. The Morgan fingerprint density at radius 1 is 1.09 bits per heavy atom. The molecule has 1 aromatic heterocycles. The number of amides is 1. The highest BCUT2D eigenvalue weighted by molar-refractivity contribution is 6.06. The molecule has 0 radical (unpaired) electrons. The first-order valence-electron chi connectivity index (χ1n) is 11.1. The highest BCUT2D eigenvalue weighted by Gasteiger charge is 2.28. The Morgan fingerprint density at radius 3 is 2.25 bits per heavy atom. The number of esters is 1. The lowest BCUT2D eigenvalue weighted by Crippen LogP contribution is -2.37. The van der Waals surface area contributed by atoms with Crippen molar-refractivity contribution in [3.8, 4) is 0 Å². The van der Waals surface area contributed by atoms with Gasteiger partial charge in [-0.2, -0.15) is 0 Å². The molecule has 0 aliphatic carbocycles. The number of benzene rings is 1. The van der Waals surface area contributed by atoms with E-state index in [1.54, 1.807) is 25.3 Å². The van der Waals surface area contributed by atoms with E-state index in [2.05, 4.69) is 0 Å². The van der Waals surface area contributed by atoms with Crippen molar-refractivity contribution in [1.29, 1.82) is 0 Å². The molecule has 0 N–H and O–H groups in total. The van der Waals surface area contributed by atoms with Crippen LogP contribution in [-0.4, -0.2) is 46.8 Å². The van der Waals surface area contributed by atoms with Crippen LogP contribution in [-0.2, 0) is 11.3 Å². The van der Waals surface area contributed by atoms with Crippen LogP contribution >= 0.6 is 0 Å². The summed E-state index contributed by atoms with van der Waals surface area (Å²) in [6.45, 7) is 12.3. The molecule has 32 heavy (non-hydrogen) atoms. The van der Waals surface area contributed by atoms with Gasteiger partial charge >= 0.3 is 5.97 Å². The molecule has 2 aromatic rings. The van der Waals surface area contributed by atoms with Gasteiger partial charge in [-0.3, -0.25) is 9.59 Å². The van der Waals surface area contributed by atoms with Crippen molar-refractivity contribution >= 4 is 17.7 Å². The summed E-state index contributed by atoms with van der Waals surface area (Å²) in [5.41, 5.74) is 2.38. The normalized spacial score (nSPS) is 11.0. The summed E-state index contributed by atoms with van der Waals surface area (Å²) in [5.74, 6) is -1.11. The molecule has 1 amide bonds. The van der Waals surface area contributed by atoms with E-state index in [-0.39, 0.29) is 24.8 Å².